The maximum Gasteiger partial charge on any atom is 0.416 e. The van der Waals surface area contributed by atoms with Gasteiger partial charge in [0, 0.05) is 20.4 Å². The van der Waals surface area contributed by atoms with Crippen LogP contribution in [0.15, 0.2) is 30.3 Å². The third-order valence-corrected chi connectivity index (χ3v) is 3.46. The minimum absolute atomic E-state index is 0.104. The molecule has 0 bridgehead atoms. The number of ether oxygens (including phenoxy) is 3. The van der Waals surface area contributed by atoms with E-state index >= 15 is 0 Å². The summed E-state index contributed by atoms with van der Waals surface area (Å²) in [6.07, 6.45) is -4.70. The number of alkyl halides is 3. The molecule has 30 heavy (non-hydrogen) atoms. The number of carbonyl (C=O) groups excluding carboxylic acids is 3. The minimum atomic E-state index is -4.21. The van der Waals surface area contributed by atoms with E-state index in [1.165, 1.54) is 26.0 Å². The Morgan fingerprint density at radius 1 is 1.07 bits per heavy atom. The first-order valence-corrected chi connectivity index (χ1v) is 9.15. The predicted octanol–water partition coefficient (Wildman–Crippen LogP) is 4.06. The average molecular weight is 433 g/mol. The fourth-order valence-electron chi connectivity index (χ4n) is 2.24. The van der Waals surface area contributed by atoms with Crippen molar-refractivity contribution in [1.29, 1.82) is 0 Å². The largest absolute Gasteiger partial charge is 0.444 e. The first-order valence-electron chi connectivity index (χ1n) is 9.15. The summed E-state index contributed by atoms with van der Waals surface area (Å²) in [5, 5.41) is 2.47. The Morgan fingerprint density at radius 3 is 1.97 bits per heavy atom. The first-order chi connectivity index (χ1) is 13.6. The Balaban J connectivity index is 0.000000375. The Kier molecular flexibility index (Phi) is 8.26. The van der Waals surface area contributed by atoms with E-state index in [4.69, 9.17) is 14.2 Å². The van der Waals surface area contributed by atoms with Gasteiger partial charge in [0.1, 0.15) is 5.60 Å². The molecule has 1 fully saturated rings. The molecule has 0 atom stereocenters. The van der Waals surface area contributed by atoms with Crippen LogP contribution in [0.25, 0.3) is 0 Å². The number of alkyl carbamates (subject to hydrolysis) is 1. The Bertz CT molecular complexity index is 721. The summed E-state index contributed by atoms with van der Waals surface area (Å²) in [5.41, 5.74) is -1.20. The monoisotopic (exact) mass is 433 g/mol. The van der Waals surface area contributed by atoms with Gasteiger partial charge < -0.3 is 19.5 Å². The van der Waals surface area contributed by atoms with Crippen LogP contribution in [0, 0.1) is 5.92 Å². The van der Waals surface area contributed by atoms with Gasteiger partial charge in [-0.3, -0.25) is 9.59 Å². The summed E-state index contributed by atoms with van der Waals surface area (Å²) < 4.78 is 50.3. The highest BCUT2D eigenvalue weighted by molar-refractivity contribution is 5.96. The lowest BCUT2D eigenvalue weighted by atomic mass is 10.0. The molecule has 0 radical (unpaired) electrons. The normalized spacial score (nSPS) is 16.5. The molecular formula is C20H26F3NO6. The van der Waals surface area contributed by atoms with Crippen LogP contribution in [-0.4, -0.2) is 36.0 Å². The van der Waals surface area contributed by atoms with Crippen molar-refractivity contribution in [2.75, 3.05) is 6.54 Å². The molecule has 1 aromatic rings. The van der Waals surface area contributed by atoms with Gasteiger partial charge in [-0.15, -0.1) is 0 Å². The smallest absolute Gasteiger partial charge is 0.416 e. The van der Waals surface area contributed by atoms with E-state index in [2.05, 4.69) is 5.32 Å². The van der Waals surface area contributed by atoms with Crippen LogP contribution in [0.1, 0.15) is 46.6 Å². The van der Waals surface area contributed by atoms with E-state index in [1.54, 1.807) is 26.8 Å². The van der Waals surface area contributed by atoms with Crippen molar-refractivity contribution in [3.63, 3.8) is 0 Å². The molecule has 0 aromatic heterocycles. The molecule has 2 rings (SSSR count). The van der Waals surface area contributed by atoms with Crippen molar-refractivity contribution in [2.24, 2.45) is 5.92 Å². The maximum atomic E-state index is 11.8. The Labute approximate surface area is 172 Å². The Morgan fingerprint density at radius 2 is 1.57 bits per heavy atom. The highest BCUT2D eigenvalue weighted by atomic mass is 19.4. The summed E-state index contributed by atoms with van der Waals surface area (Å²) in [5.74, 6) is -3.53. The fourth-order valence-corrected chi connectivity index (χ4v) is 2.24. The molecule has 10 heteroatoms. The zero-order valence-corrected chi connectivity index (χ0v) is 17.5. The van der Waals surface area contributed by atoms with Crippen LogP contribution in [0.4, 0.5) is 18.0 Å². The zero-order chi connectivity index (χ0) is 23.2. The average Bonchev–Trinajstić information content (AvgIpc) is 2.55. The van der Waals surface area contributed by atoms with Crippen molar-refractivity contribution >= 4 is 18.0 Å². The van der Waals surface area contributed by atoms with Crippen LogP contribution >= 0.6 is 0 Å². The zero-order valence-electron chi connectivity index (χ0n) is 17.5. The highest BCUT2D eigenvalue weighted by Crippen LogP contribution is 2.28. The summed E-state index contributed by atoms with van der Waals surface area (Å²) >= 11 is 0. The van der Waals surface area contributed by atoms with Gasteiger partial charge in [0.2, 0.25) is 0 Å². The SMILES string of the molecule is CC(C)(C)OC(=O)NCCC1C(=O)OC(C)(C)OC1=O.FC(F)(F)c1ccccc1. The molecule has 1 aliphatic heterocycles. The lowest BCUT2D eigenvalue weighted by molar-refractivity contribution is -0.240. The van der Waals surface area contributed by atoms with Crippen LogP contribution in [0.2, 0.25) is 0 Å². The number of amides is 1. The lowest BCUT2D eigenvalue weighted by Crippen LogP contribution is -2.47. The van der Waals surface area contributed by atoms with Gasteiger partial charge in [-0.05, 0) is 27.2 Å². The van der Waals surface area contributed by atoms with E-state index in [9.17, 15) is 27.6 Å². The summed E-state index contributed by atoms with van der Waals surface area (Å²) in [4.78, 5) is 34.7. The van der Waals surface area contributed by atoms with Crippen LogP contribution in [0.5, 0.6) is 0 Å². The number of hydrogen-bond donors (Lipinski definition) is 1. The topological polar surface area (TPSA) is 90.9 Å². The molecule has 1 N–H and O–H groups in total. The van der Waals surface area contributed by atoms with Crippen molar-refractivity contribution in [1.82, 2.24) is 5.32 Å². The number of carbonyl (C=O) groups is 3. The second-order valence-electron chi connectivity index (χ2n) is 7.88. The summed E-state index contributed by atoms with van der Waals surface area (Å²) in [7, 11) is 0. The van der Waals surface area contributed by atoms with Gasteiger partial charge in [-0.25, -0.2) is 4.79 Å². The molecular weight excluding hydrogens is 407 g/mol. The minimum Gasteiger partial charge on any atom is -0.444 e. The second kappa shape index (κ2) is 9.82. The molecule has 0 aliphatic carbocycles. The number of cyclic esters (lactones) is 2. The third-order valence-electron chi connectivity index (χ3n) is 3.46. The predicted molar refractivity (Wildman–Crippen MR) is 100 cm³/mol. The van der Waals surface area contributed by atoms with E-state index in [0.717, 1.165) is 12.1 Å². The molecule has 168 valence electrons. The number of nitrogens with one attached hydrogen (secondary N) is 1. The van der Waals surface area contributed by atoms with E-state index in [0.29, 0.717) is 0 Å². The van der Waals surface area contributed by atoms with Crippen molar-refractivity contribution in [3.05, 3.63) is 35.9 Å². The van der Waals surface area contributed by atoms with Crippen LogP contribution in [-0.2, 0) is 30.0 Å². The first kappa shape index (κ1) is 25.3. The van der Waals surface area contributed by atoms with E-state index in [-0.39, 0.29) is 13.0 Å². The lowest BCUT2D eigenvalue weighted by Gasteiger charge is -2.32. The van der Waals surface area contributed by atoms with Crippen molar-refractivity contribution < 1.29 is 41.8 Å². The molecule has 1 aromatic carbocycles. The third kappa shape index (κ3) is 9.15. The molecule has 1 heterocycles. The molecule has 0 unspecified atom stereocenters. The molecule has 1 saturated heterocycles. The van der Waals surface area contributed by atoms with Gasteiger partial charge in [-0.1, -0.05) is 30.3 Å². The number of halogens is 3. The van der Waals surface area contributed by atoms with Gasteiger partial charge in [-0.2, -0.15) is 13.2 Å². The summed E-state index contributed by atoms with van der Waals surface area (Å²) in [6.45, 7) is 8.31. The molecule has 0 spiro atoms. The van der Waals surface area contributed by atoms with Crippen molar-refractivity contribution in [3.8, 4) is 0 Å². The van der Waals surface area contributed by atoms with Crippen molar-refractivity contribution in [2.45, 2.75) is 58.6 Å². The molecule has 1 aliphatic rings. The van der Waals surface area contributed by atoms with Gasteiger partial charge >= 0.3 is 24.2 Å². The maximum absolute atomic E-state index is 11.8. The molecule has 7 nitrogen and oxygen atoms in total. The standard InChI is InChI=1S/C13H21NO6.C7H5F3/c1-12(2,3)20-11(17)14-7-6-8-9(15)18-13(4,5)19-10(8)16;8-7(9,10)6-4-2-1-3-5-6/h8H,6-7H2,1-5H3,(H,14,17);1-5H. The second-order valence-corrected chi connectivity index (χ2v) is 7.88. The number of esters is 2. The molecule has 0 saturated carbocycles. The van der Waals surface area contributed by atoms with Gasteiger partial charge in [0.05, 0.1) is 5.56 Å². The van der Waals surface area contributed by atoms with Crippen LogP contribution < -0.4 is 5.32 Å². The number of benzene rings is 1. The number of rotatable bonds is 3. The highest BCUT2D eigenvalue weighted by Gasteiger charge is 2.42. The fraction of sp³-hybridized carbons (Fsp3) is 0.550. The molecule has 1 amide bonds. The number of hydrogen-bond acceptors (Lipinski definition) is 6. The van der Waals surface area contributed by atoms with Gasteiger partial charge in [0.25, 0.3) is 5.79 Å². The van der Waals surface area contributed by atoms with Crippen LogP contribution in [0.3, 0.4) is 0 Å². The Hall–Kier alpha value is -2.78. The summed E-state index contributed by atoms with van der Waals surface area (Å²) in [6, 6.07) is 6.36. The van der Waals surface area contributed by atoms with Gasteiger partial charge in [0.15, 0.2) is 5.92 Å². The van der Waals surface area contributed by atoms with E-state index in [1.807, 2.05) is 0 Å². The quantitative estimate of drug-likeness (QED) is 0.571. The van der Waals surface area contributed by atoms with E-state index < -0.39 is 47.1 Å².